The van der Waals surface area contributed by atoms with E-state index < -0.39 is 0 Å². The van der Waals surface area contributed by atoms with E-state index in [4.69, 9.17) is 4.42 Å². The highest BCUT2D eigenvalue weighted by molar-refractivity contribution is 14.0. The van der Waals surface area contributed by atoms with E-state index in [2.05, 4.69) is 20.9 Å². The Morgan fingerprint density at radius 1 is 1.23 bits per heavy atom. The van der Waals surface area contributed by atoms with Crippen molar-refractivity contribution in [1.82, 2.24) is 10.6 Å². The minimum absolute atomic E-state index is 0. The van der Waals surface area contributed by atoms with Gasteiger partial charge < -0.3 is 20.4 Å². The van der Waals surface area contributed by atoms with Crippen LogP contribution in [0.3, 0.4) is 0 Å². The molecule has 0 unspecified atom stereocenters. The third-order valence-electron chi connectivity index (χ3n) is 4.31. The molecule has 0 bridgehead atoms. The fraction of sp³-hybridized carbons (Fsp3) is 0.368. The minimum Gasteiger partial charge on any atom is -0.459 e. The lowest BCUT2D eigenvalue weighted by Crippen LogP contribution is -2.41. The monoisotopic (exact) mass is 468 g/mol. The molecule has 7 heteroatoms. The van der Waals surface area contributed by atoms with Crippen molar-refractivity contribution in [3.8, 4) is 0 Å². The molecule has 1 heterocycles. The zero-order chi connectivity index (χ0) is 17.5. The summed E-state index contributed by atoms with van der Waals surface area (Å²) in [6, 6.07) is 11.6. The van der Waals surface area contributed by atoms with E-state index in [1.54, 1.807) is 19.2 Å². The molecule has 1 aromatic carbocycles. The second-order valence-electron chi connectivity index (χ2n) is 6.18. The summed E-state index contributed by atoms with van der Waals surface area (Å²) in [6.45, 7) is 0.636. The van der Waals surface area contributed by atoms with Crippen molar-refractivity contribution in [1.29, 1.82) is 0 Å². The molecule has 6 nitrogen and oxygen atoms in total. The lowest BCUT2D eigenvalue weighted by atomic mass is 10.2. The van der Waals surface area contributed by atoms with Gasteiger partial charge in [-0.3, -0.25) is 9.79 Å². The van der Waals surface area contributed by atoms with E-state index in [1.165, 1.54) is 31.9 Å². The lowest BCUT2D eigenvalue weighted by Gasteiger charge is -2.17. The van der Waals surface area contributed by atoms with E-state index in [0.717, 1.165) is 17.2 Å². The van der Waals surface area contributed by atoms with Crippen molar-refractivity contribution < 1.29 is 9.21 Å². The Labute approximate surface area is 170 Å². The average Bonchev–Trinajstić information content (AvgIpc) is 3.32. The Kier molecular flexibility index (Phi) is 7.96. The largest absolute Gasteiger partial charge is 0.459 e. The van der Waals surface area contributed by atoms with Crippen LogP contribution in [0.4, 0.5) is 5.69 Å². The van der Waals surface area contributed by atoms with Gasteiger partial charge in [0.2, 0.25) is 0 Å². The number of benzene rings is 1. The van der Waals surface area contributed by atoms with Gasteiger partial charge in [0.1, 0.15) is 0 Å². The Bertz CT molecular complexity index is 725. The van der Waals surface area contributed by atoms with Crippen molar-refractivity contribution in [2.45, 2.75) is 38.3 Å². The number of hydrogen-bond acceptors (Lipinski definition) is 3. The second-order valence-corrected chi connectivity index (χ2v) is 6.18. The lowest BCUT2D eigenvalue weighted by molar-refractivity contribution is 0.0996. The summed E-state index contributed by atoms with van der Waals surface area (Å²) in [4.78, 5) is 16.3. The summed E-state index contributed by atoms with van der Waals surface area (Å²) in [5, 5.41) is 9.63. The predicted molar refractivity (Wildman–Crippen MR) is 114 cm³/mol. The minimum atomic E-state index is -0.256. The van der Waals surface area contributed by atoms with Gasteiger partial charge in [0, 0.05) is 25.3 Å². The fourth-order valence-electron chi connectivity index (χ4n) is 3.00. The Morgan fingerprint density at radius 3 is 2.73 bits per heavy atom. The number of furan rings is 1. The number of anilines is 1. The van der Waals surface area contributed by atoms with E-state index in [0.29, 0.717) is 18.3 Å². The molecule has 1 aromatic heterocycles. The van der Waals surface area contributed by atoms with Crippen LogP contribution in [0.1, 0.15) is 41.8 Å². The molecule has 0 radical (unpaired) electrons. The van der Waals surface area contributed by atoms with Gasteiger partial charge in [0.15, 0.2) is 11.7 Å². The predicted octanol–water partition coefficient (Wildman–Crippen LogP) is 3.76. The zero-order valence-corrected chi connectivity index (χ0v) is 17.2. The standard InChI is InChI=1S/C19H24N4O2.HI/c1-20-19(23-15-7-2-3-8-15)21-13-14-6-4-9-16(12-14)22-18(24)17-10-5-11-25-17;/h4-6,9-12,15H,2-3,7-8,13H2,1H3,(H,22,24)(H2,20,21,23);1H. The highest BCUT2D eigenvalue weighted by Crippen LogP contribution is 2.17. The molecular weight excluding hydrogens is 443 g/mol. The summed E-state index contributed by atoms with van der Waals surface area (Å²) in [5.41, 5.74) is 1.80. The van der Waals surface area contributed by atoms with Gasteiger partial charge in [-0.25, -0.2) is 0 Å². The SMILES string of the molecule is CN=C(NCc1cccc(NC(=O)c2ccco2)c1)NC1CCCC1.I. The molecule has 0 spiro atoms. The van der Waals surface area contributed by atoms with Crippen LogP contribution in [0.15, 0.2) is 52.1 Å². The molecule has 1 aliphatic rings. The van der Waals surface area contributed by atoms with Crippen LogP contribution < -0.4 is 16.0 Å². The van der Waals surface area contributed by atoms with Crippen LogP contribution in [0.5, 0.6) is 0 Å². The van der Waals surface area contributed by atoms with Gasteiger partial charge in [0.05, 0.1) is 6.26 Å². The van der Waals surface area contributed by atoms with Crippen molar-refractivity contribution in [3.05, 3.63) is 54.0 Å². The number of aliphatic imine (C=N–C) groups is 1. The molecule has 26 heavy (non-hydrogen) atoms. The maximum absolute atomic E-state index is 12.0. The van der Waals surface area contributed by atoms with Gasteiger partial charge in [-0.2, -0.15) is 0 Å². The molecule has 0 aliphatic heterocycles. The van der Waals surface area contributed by atoms with Crippen LogP contribution in [0.2, 0.25) is 0 Å². The zero-order valence-electron chi connectivity index (χ0n) is 14.8. The van der Waals surface area contributed by atoms with Crippen LogP contribution in [0, 0.1) is 0 Å². The maximum Gasteiger partial charge on any atom is 0.291 e. The third-order valence-corrected chi connectivity index (χ3v) is 4.31. The smallest absolute Gasteiger partial charge is 0.291 e. The van der Waals surface area contributed by atoms with Gasteiger partial charge in [-0.1, -0.05) is 25.0 Å². The second kappa shape index (κ2) is 10.2. The first kappa shape index (κ1) is 20.3. The summed E-state index contributed by atoms with van der Waals surface area (Å²) in [7, 11) is 1.78. The number of hydrogen-bond donors (Lipinski definition) is 3. The molecular formula is C19H25IN4O2. The summed E-state index contributed by atoms with van der Waals surface area (Å²) >= 11 is 0. The number of rotatable bonds is 5. The first-order valence-electron chi connectivity index (χ1n) is 8.65. The van der Waals surface area contributed by atoms with Gasteiger partial charge >= 0.3 is 0 Å². The highest BCUT2D eigenvalue weighted by Gasteiger charge is 2.15. The fourth-order valence-corrected chi connectivity index (χ4v) is 3.00. The molecule has 1 fully saturated rings. The van der Waals surface area contributed by atoms with E-state index in [-0.39, 0.29) is 29.9 Å². The number of nitrogens with one attached hydrogen (secondary N) is 3. The van der Waals surface area contributed by atoms with Gasteiger partial charge in [-0.15, -0.1) is 24.0 Å². The average molecular weight is 468 g/mol. The Morgan fingerprint density at radius 2 is 2.04 bits per heavy atom. The molecule has 1 saturated carbocycles. The third kappa shape index (κ3) is 5.76. The summed E-state index contributed by atoms with van der Waals surface area (Å²) < 4.78 is 5.11. The number of amides is 1. The molecule has 3 rings (SSSR count). The highest BCUT2D eigenvalue weighted by atomic mass is 127. The maximum atomic E-state index is 12.0. The molecule has 2 aromatic rings. The first-order valence-corrected chi connectivity index (χ1v) is 8.65. The van der Waals surface area contributed by atoms with E-state index in [1.807, 2.05) is 24.3 Å². The molecule has 1 aliphatic carbocycles. The van der Waals surface area contributed by atoms with E-state index in [9.17, 15) is 4.79 Å². The summed E-state index contributed by atoms with van der Waals surface area (Å²) in [6.07, 6.45) is 6.46. The number of carbonyl (C=O) groups is 1. The summed E-state index contributed by atoms with van der Waals surface area (Å²) in [5.74, 6) is 0.857. The van der Waals surface area contributed by atoms with Gasteiger partial charge in [-0.05, 0) is 42.7 Å². The number of guanidine groups is 1. The Balaban J connectivity index is 0.00000243. The number of carbonyl (C=O) groups excluding carboxylic acids is 1. The molecule has 140 valence electrons. The molecule has 0 saturated heterocycles. The quantitative estimate of drug-likeness (QED) is 0.355. The van der Waals surface area contributed by atoms with Crippen molar-refractivity contribution >= 4 is 41.5 Å². The topological polar surface area (TPSA) is 78.7 Å². The van der Waals surface area contributed by atoms with Crippen molar-refractivity contribution in [3.63, 3.8) is 0 Å². The van der Waals surface area contributed by atoms with Crippen LogP contribution in [-0.4, -0.2) is 25.0 Å². The molecule has 3 N–H and O–H groups in total. The van der Waals surface area contributed by atoms with Crippen LogP contribution in [0.25, 0.3) is 0 Å². The Hall–Kier alpha value is -2.03. The van der Waals surface area contributed by atoms with Crippen LogP contribution in [-0.2, 0) is 6.54 Å². The number of nitrogens with zero attached hydrogens (tertiary/aromatic N) is 1. The van der Waals surface area contributed by atoms with Crippen molar-refractivity contribution in [2.24, 2.45) is 4.99 Å². The first-order chi connectivity index (χ1) is 12.2. The van der Waals surface area contributed by atoms with E-state index >= 15 is 0 Å². The molecule has 1 amide bonds. The normalized spacial score (nSPS) is 14.6. The molecule has 0 atom stereocenters. The van der Waals surface area contributed by atoms with Crippen molar-refractivity contribution in [2.75, 3.05) is 12.4 Å². The van der Waals surface area contributed by atoms with Gasteiger partial charge in [0.25, 0.3) is 5.91 Å². The van der Waals surface area contributed by atoms with Crippen LogP contribution >= 0.6 is 24.0 Å². The number of halogens is 1.